The predicted molar refractivity (Wildman–Crippen MR) is 67.1 cm³/mol. The van der Waals surface area contributed by atoms with Gasteiger partial charge in [0.1, 0.15) is 5.69 Å². The van der Waals surface area contributed by atoms with Gasteiger partial charge in [0.25, 0.3) is 5.91 Å². The monoisotopic (exact) mass is 251 g/mol. The lowest BCUT2D eigenvalue weighted by molar-refractivity contribution is -0.138. The molecule has 0 aliphatic rings. The van der Waals surface area contributed by atoms with E-state index in [1.807, 2.05) is 0 Å². The van der Waals surface area contributed by atoms with Crippen LogP contribution in [-0.4, -0.2) is 39.5 Å². The second-order valence-electron chi connectivity index (χ2n) is 4.01. The fraction of sp³-hybridized carbons (Fsp3) is 0.417. The van der Waals surface area contributed by atoms with Crippen LogP contribution in [0.25, 0.3) is 0 Å². The van der Waals surface area contributed by atoms with Crippen LogP contribution >= 0.6 is 0 Å². The van der Waals surface area contributed by atoms with E-state index in [0.29, 0.717) is 12.2 Å². The summed E-state index contributed by atoms with van der Waals surface area (Å²) < 4.78 is 0. The number of nitrogens with two attached hydrogens (primary N) is 1. The van der Waals surface area contributed by atoms with Gasteiger partial charge in [-0.1, -0.05) is 0 Å². The van der Waals surface area contributed by atoms with Crippen LogP contribution in [0.5, 0.6) is 0 Å². The first-order chi connectivity index (χ1) is 8.45. The number of carboxylic acids is 1. The van der Waals surface area contributed by atoms with Crippen molar-refractivity contribution in [3.05, 3.63) is 24.0 Å². The van der Waals surface area contributed by atoms with Crippen LogP contribution in [0.1, 0.15) is 30.8 Å². The van der Waals surface area contributed by atoms with Crippen LogP contribution in [0.15, 0.2) is 18.3 Å². The molecule has 0 aromatic carbocycles. The first-order valence-corrected chi connectivity index (χ1v) is 5.70. The number of hydrogen-bond donors (Lipinski definition) is 2. The van der Waals surface area contributed by atoms with Crippen LogP contribution in [-0.2, 0) is 4.79 Å². The molecule has 98 valence electrons. The van der Waals surface area contributed by atoms with Gasteiger partial charge in [0, 0.05) is 12.6 Å². The topological polar surface area (TPSA) is 96.5 Å². The van der Waals surface area contributed by atoms with Gasteiger partial charge in [0.2, 0.25) is 0 Å². The molecule has 1 atom stereocenters. The number of anilines is 1. The fourth-order valence-corrected chi connectivity index (χ4v) is 1.70. The van der Waals surface area contributed by atoms with E-state index in [1.54, 1.807) is 19.9 Å². The van der Waals surface area contributed by atoms with E-state index in [9.17, 15) is 9.59 Å². The molecule has 0 bridgehead atoms. The van der Waals surface area contributed by atoms with E-state index in [-0.39, 0.29) is 24.1 Å². The Kier molecular flexibility index (Phi) is 4.65. The summed E-state index contributed by atoms with van der Waals surface area (Å²) in [6, 6.07) is 2.75. The summed E-state index contributed by atoms with van der Waals surface area (Å²) in [7, 11) is 0. The fourth-order valence-electron chi connectivity index (χ4n) is 1.70. The SMILES string of the molecule is CCN(C(=O)c1ccc(N)cn1)C(C)CC(=O)O. The molecule has 0 spiro atoms. The maximum absolute atomic E-state index is 12.1. The molecule has 3 N–H and O–H groups in total. The molecule has 6 nitrogen and oxygen atoms in total. The largest absolute Gasteiger partial charge is 0.481 e. The third-order valence-corrected chi connectivity index (χ3v) is 2.61. The molecular weight excluding hydrogens is 234 g/mol. The van der Waals surface area contributed by atoms with E-state index in [1.165, 1.54) is 17.2 Å². The highest BCUT2D eigenvalue weighted by atomic mass is 16.4. The van der Waals surface area contributed by atoms with Crippen molar-refractivity contribution in [2.75, 3.05) is 12.3 Å². The van der Waals surface area contributed by atoms with Crippen LogP contribution in [0.3, 0.4) is 0 Å². The lowest BCUT2D eigenvalue weighted by Gasteiger charge is -2.26. The third kappa shape index (κ3) is 3.44. The molecule has 0 radical (unpaired) electrons. The van der Waals surface area contributed by atoms with E-state index in [2.05, 4.69) is 4.98 Å². The molecule has 0 fully saturated rings. The molecule has 1 heterocycles. The molecule has 18 heavy (non-hydrogen) atoms. The van der Waals surface area contributed by atoms with E-state index < -0.39 is 5.97 Å². The summed E-state index contributed by atoms with van der Waals surface area (Å²) in [4.78, 5) is 28.2. The minimum absolute atomic E-state index is 0.0887. The molecule has 0 aliphatic carbocycles. The highest BCUT2D eigenvalue weighted by Crippen LogP contribution is 2.10. The van der Waals surface area contributed by atoms with Gasteiger partial charge in [-0.05, 0) is 26.0 Å². The van der Waals surface area contributed by atoms with Crippen molar-refractivity contribution >= 4 is 17.6 Å². The Morgan fingerprint density at radius 3 is 2.61 bits per heavy atom. The molecule has 1 aromatic rings. The van der Waals surface area contributed by atoms with Gasteiger partial charge in [0.15, 0.2) is 0 Å². The molecule has 0 aliphatic heterocycles. The van der Waals surface area contributed by atoms with Crippen molar-refractivity contribution in [2.45, 2.75) is 26.3 Å². The summed E-state index contributed by atoms with van der Waals surface area (Å²) in [5.74, 6) is -1.22. The second kappa shape index (κ2) is 6.00. The molecule has 1 amide bonds. The summed E-state index contributed by atoms with van der Waals surface area (Å²) in [5.41, 5.74) is 6.24. The minimum Gasteiger partial charge on any atom is -0.481 e. The Balaban J connectivity index is 2.85. The Hall–Kier alpha value is -2.11. The Bertz CT molecular complexity index is 431. The van der Waals surface area contributed by atoms with Gasteiger partial charge in [-0.2, -0.15) is 0 Å². The number of carbonyl (C=O) groups is 2. The number of aromatic nitrogens is 1. The van der Waals surface area contributed by atoms with Crippen molar-refractivity contribution < 1.29 is 14.7 Å². The maximum Gasteiger partial charge on any atom is 0.305 e. The molecule has 1 rings (SSSR count). The standard InChI is InChI=1S/C12H17N3O3/c1-3-15(8(2)6-11(16)17)12(18)10-5-4-9(13)7-14-10/h4-5,7-8H,3,6,13H2,1-2H3,(H,16,17). The minimum atomic E-state index is -0.931. The second-order valence-corrected chi connectivity index (χ2v) is 4.01. The molecule has 1 unspecified atom stereocenters. The summed E-state index contributed by atoms with van der Waals surface area (Å²) >= 11 is 0. The van der Waals surface area contributed by atoms with Gasteiger partial charge in [-0.15, -0.1) is 0 Å². The van der Waals surface area contributed by atoms with E-state index >= 15 is 0 Å². The smallest absolute Gasteiger partial charge is 0.305 e. The van der Waals surface area contributed by atoms with Crippen molar-refractivity contribution in [3.63, 3.8) is 0 Å². The van der Waals surface area contributed by atoms with E-state index in [0.717, 1.165) is 0 Å². The summed E-state index contributed by atoms with van der Waals surface area (Å²) in [5, 5.41) is 8.75. The Morgan fingerprint density at radius 1 is 1.50 bits per heavy atom. The average Bonchev–Trinajstić information content (AvgIpc) is 2.29. The molecule has 0 saturated heterocycles. The van der Waals surface area contributed by atoms with Crippen molar-refractivity contribution in [1.82, 2.24) is 9.88 Å². The molecular formula is C12H17N3O3. The van der Waals surface area contributed by atoms with Crippen molar-refractivity contribution in [2.24, 2.45) is 0 Å². The van der Waals surface area contributed by atoms with Crippen molar-refractivity contribution in [3.8, 4) is 0 Å². The number of amides is 1. The van der Waals surface area contributed by atoms with Crippen molar-refractivity contribution in [1.29, 1.82) is 0 Å². The maximum atomic E-state index is 12.1. The first-order valence-electron chi connectivity index (χ1n) is 5.70. The zero-order valence-corrected chi connectivity index (χ0v) is 10.5. The molecule has 6 heteroatoms. The lowest BCUT2D eigenvalue weighted by atomic mass is 10.2. The molecule has 0 saturated carbocycles. The highest BCUT2D eigenvalue weighted by Gasteiger charge is 2.22. The Labute approximate surface area is 105 Å². The van der Waals surface area contributed by atoms with Gasteiger partial charge in [-0.3, -0.25) is 9.59 Å². The average molecular weight is 251 g/mol. The number of nitrogen functional groups attached to an aromatic ring is 1. The number of rotatable bonds is 5. The normalized spacial score (nSPS) is 11.9. The number of aliphatic carboxylic acids is 1. The number of carboxylic acid groups (broad SMARTS) is 1. The number of hydrogen-bond acceptors (Lipinski definition) is 4. The first kappa shape index (κ1) is 14.0. The van der Waals surface area contributed by atoms with Gasteiger partial charge >= 0.3 is 5.97 Å². The van der Waals surface area contributed by atoms with E-state index in [4.69, 9.17) is 10.8 Å². The summed E-state index contributed by atoms with van der Waals surface area (Å²) in [6.07, 6.45) is 1.32. The predicted octanol–water partition coefficient (Wildman–Crippen LogP) is 0.989. The lowest BCUT2D eigenvalue weighted by Crippen LogP contribution is -2.40. The summed E-state index contributed by atoms with van der Waals surface area (Å²) in [6.45, 7) is 3.93. The molecule has 1 aromatic heterocycles. The highest BCUT2D eigenvalue weighted by molar-refractivity contribution is 5.92. The zero-order valence-electron chi connectivity index (χ0n) is 10.5. The number of carbonyl (C=O) groups excluding carboxylic acids is 1. The Morgan fingerprint density at radius 2 is 2.17 bits per heavy atom. The van der Waals surface area contributed by atoms with Gasteiger partial charge in [-0.25, -0.2) is 4.98 Å². The van der Waals surface area contributed by atoms with Crippen LogP contribution in [0.2, 0.25) is 0 Å². The number of nitrogens with zero attached hydrogens (tertiary/aromatic N) is 2. The third-order valence-electron chi connectivity index (χ3n) is 2.61. The van der Waals surface area contributed by atoms with Gasteiger partial charge < -0.3 is 15.7 Å². The van der Waals surface area contributed by atoms with Crippen LogP contribution < -0.4 is 5.73 Å². The quantitative estimate of drug-likeness (QED) is 0.813. The zero-order chi connectivity index (χ0) is 13.7. The van der Waals surface area contributed by atoms with Crippen LogP contribution in [0.4, 0.5) is 5.69 Å². The number of pyridine rings is 1. The van der Waals surface area contributed by atoms with Gasteiger partial charge in [0.05, 0.1) is 18.3 Å². The van der Waals surface area contributed by atoms with Crippen LogP contribution in [0, 0.1) is 0 Å².